The second kappa shape index (κ2) is 10.6. The molecule has 1 N–H and O–H groups in total. The molecule has 1 saturated heterocycles. The lowest BCUT2D eigenvalue weighted by Gasteiger charge is -2.28. The lowest BCUT2D eigenvalue weighted by atomic mass is 9.82. The monoisotopic (exact) mass is 512 g/mol. The first kappa shape index (κ1) is 25.6. The molecular formula is C29H30Cl2O4. The normalized spacial score (nSPS) is 18.0. The van der Waals surface area contributed by atoms with Gasteiger partial charge >= 0.3 is 5.97 Å². The molecule has 0 aromatic heterocycles. The lowest BCUT2D eigenvalue weighted by Crippen LogP contribution is -2.36. The van der Waals surface area contributed by atoms with Crippen molar-refractivity contribution in [2.24, 2.45) is 0 Å². The van der Waals surface area contributed by atoms with E-state index in [1.165, 1.54) is 0 Å². The molecule has 0 saturated carbocycles. The molecule has 6 heteroatoms. The second-order valence-corrected chi connectivity index (χ2v) is 10.3. The van der Waals surface area contributed by atoms with Gasteiger partial charge in [-0.2, -0.15) is 0 Å². The van der Waals surface area contributed by atoms with Crippen LogP contribution in [0.2, 0.25) is 10.0 Å². The van der Waals surface area contributed by atoms with Crippen LogP contribution in [0.5, 0.6) is 5.75 Å². The minimum atomic E-state index is -0.708. The van der Waals surface area contributed by atoms with E-state index in [9.17, 15) is 9.90 Å². The van der Waals surface area contributed by atoms with Crippen LogP contribution < -0.4 is 4.74 Å². The molecule has 0 spiro atoms. The van der Waals surface area contributed by atoms with Crippen LogP contribution >= 0.6 is 23.2 Å². The number of rotatable bonds is 6. The number of aliphatic hydroxyl groups excluding tert-OH is 1. The average Bonchev–Trinajstić information content (AvgIpc) is 2.77. The molecule has 0 radical (unpaired) electrons. The van der Waals surface area contributed by atoms with E-state index in [0.717, 1.165) is 44.7 Å². The molecule has 0 aliphatic carbocycles. The summed E-state index contributed by atoms with van der Waals surface area (Å²) in [5, 5.41) is 11.4. The molecule has 0 unspecified atom stereocenters. The van der Waals surface area contributed by atoms with E-state index in [1.807, 2.05) is 45.0 Å². The molecule has 0 bridgehead atoms. The first-order valence-corrected chi connectivity index (χ1v) is 12.5. The first-order valence-electron chi connectivity index (χ1n) is 11.8. The smallest absolute Gasteiger partial charge is 0.308 e. The molecule has 35 heavy (non-hydrogen) atoms. The Hall–Kier alpha value is -2.53. The summed E-state index contributed by atoms with van der Waals surface area (Å²) >= 11 is 13.1. The molecule has 3 aromatic carbocycles. The van der Waals surface area contributed by atoms with Crippen LogP contribution in [0, 0.1) is 27.7 Å². The number of aryl methyl sites for hydroxylation is 4. The Bertz CT molecular complexity index is 1200. The molecule has 4 nitrogen and oxygen atoms in total. The van der Waals surface area contributed by atoms with E-state index in [-0.39, 0.29) is 18.9 Å². The highest BCUT2D eigenvalue weighted by Gasteiger charge is 2.29. The van der Waals surface area contributed by atoms with Crippen LogP contribution in [-0.4, -0.2) is 29.9 Å². The van der Waals surface area contributed by atoms with Gasteiger partial charge in [0.05, 0.1) is 12.5 Å². The number of halogens is 2. The lowest BCUT2D eigenvalue weighted by molar-refractivity contribution is -0.162. The van der Waals surface area contributed by atoms with Gasteiger partial charge in [0.25, 0.3) is 0 Å². The number of benzene rings is 3. The van der Waals surface area contributed by atoms with E-state index >= 15 is 0 Å². The molecule has 184 valence electrons. The summed E-state index contributed by atoms with van der Waals surface area (Å²) in [6.45, 7) is 8.19. The third-order valence-corrected chi connectivity index (χ3v) is 7.28. The Kier molecular flexibility index (Phi) is 7.75. The fourth-order valence-corrected chi connectivity index (χ4v) is 5.05. The standard InChI is InChI=1S/C29H30Cl2O4/c1-16-9-19(4)29(34-15-23-13-22(32)14-27(33)35-23)24(10-16)28(20-7-5-17(2)25(30)11-20)21-8-6-18(3)26(31)12-21/h5-12,22-23,28,32H,13-15H2,1-4H3/t22-,23+/m1/s1. The van der Waals surface area contributed by atoms with Crippen molar-refractivity contribution in [1.29, 1.82) is 0 Å². The Balaban J connectivity index is 1.81. The molecular weight excluding hydrogens is 483 g/mol. The third-order valence-electron chi connectivity index (χ3n) is 6.47. The predicted octanol–water partition coefficient (Wildman–Crippen LogP) is 6.85. The van der Waals surface area contributed by atoms with E-state index in [0.29, 0.717) is 16.5 Å². The van der Waals surface area contributed by atoms with Gasteiger partial charge in [0.2, 0.25) is 0 Å². The van der Waals surface area contributed by atoms with Gasteiger partial charge in [-0.25, -0.2) is 0 Å². The molecule has 2 atom stereocenters. The van der Waals surface area contributed by atoms with Crippen molar-refractivity contribution in [1.82, 2.24) is 0 Å². The molecule has 1 aliphatic heterocycles. The van der Waals surface area contributed by atoms with Crippen LogP contribution in [0.25, 0.3) is 0 Å². The zero-order valence-corrected chi connectivity index (χ0v) is 21.9. The number of carbonyl (C=O) groups is 1. The van der Waals surface area contributed by atoms with E-state index in [4.69, 9.17) is 32.7 Å². The van der Waals surface area contributed by atoms with Crippen LogP contribution in [0.3, 0.4) is 0 Å². The maximum atomic E-state index is 11.8. The Labute approximate surface area is 216 Å². The summed E-state index contributed by atoms with van der Waals surface area (Å²) < 4.78 is 11.7. The largest absolute Gasteiger partial charge is 0.489 e. The average molecular weight is 513 g/mol. The van der Waals surface area contributed by atoms with Gasteiger partial charge in [-0.15, -0.1) is 0 Å². The molecule has 1 heterocycles. The SMILES string of the molecule is Cc1cc(C)c(OC[C@@H]2C[C@@H](O)CC(=O)O2)c(C(c2ccc(C)c(Cl)c2)c2ccc(C)c(Cl)c2)c1. The Morgan fingerprint density at radius 1 is 0.943 bits per heavy atom. The van der Waals surface area contributed by atoms with Gasteiger partial charge in [-0.05, 0) is 67.6 Å². The Morgan fingerprint density at radius 2 is 1.54 bits per heavy atom. The topological polar surface area (TPSA) is 55.8 Å². The predicted molar refractivity (Wildman–Crippen MR) is 140 cm³/mol. The number of hydrogen-bond donors (Lipinski definition) is 1. The maximum absolute atomic E-state index is 11.8. The van der Waals surface area contributed by atoms with Crippen molar-refractivity contribution < 1.29 is 19.4 Å². The van der Waals surface area contributed by atoms with Gasteiger partial charge in [-0.3, -0.25) is 4.79 Å². The van der Waals surface area contributed by atoms with Crippen molar-refractivity contribution in [3.05, 3.63) is 97.5 Å². The highest BCUT2D eigenvalue weighted by Crippen LogP contribution is 2.41. The zero-order valence-electron chi connectivity index (χ0n) is 20.4. The summed E-state index contributed by atoms with van der Waals surface area (Å²) in [4.78, 5) is 11.8. The van der Waals surface area contributed by atoms with Gasteiger partial charge in [0, 0.05) is 27.9 Å². The number of ether oxygens (including phenoxy) is 2. The van der Waals surface area contributed by atoms with Gasteiger partial charge in [0.1, 0.15) is 18.5 Å². The summed E-state index contributed by atoms with van der Waals surface area (Å²) in [5.41, 5.74) is 7.11. The van der Waals surface area contributed by atoms with Crippen LogP contribution in [0.1, 0.15) is 57.7 Å². The first-order chi connectivity index (χ1) is 16.6. The fraction of sp³-hybridized carbons (Fsp3) is 0.345. The molecule has 3 aromatic rings. The summed E-state index contributed by atoms with van der Waals surface area (Å²) in [5.74, 6) is 0.143. The van der Waals surface area contributed by atoms with Crippen molar-refractivity contribution in [2.75, 3.05) is 6.61 Å². The van der Waals surface area contributed by atoms with E-state index in [2.05, 4.69) is 31.2 Å². The van der Waals surface area contributed by atoms with Crippen LogP contribution in [-0.2, 0) is 9.53 Å². The molecule has 1 aliphatic rings. The van der Waals surface area contributed by atoms with E-state index < -0.39 is 18.2 Å². The minimum Gasteiger partial charge on any atom is -0.489 e. The van der Waals surface area contributed by atoms with Crippen molar-refractivity contribution in [2.45, 2.75) is 58.7 Å². The van der Waals surface area contributed by atoms with E-state index in [1.54, 1.807) is 0 Å². The van der Waals surface area contributed by atoms with Crippen molar-refractivity contribution >= 4 is 29.2 Å². The van der Waals surface area contributed by atoms with Crippen LogP contribution in [0.4, 0.5) is 0 Å². The van der Waals surface area contributed by atoms with Crippen LogP contribution in [0.15, 0.2) is 48.5 Å². The minimum absolute atomic E-state index is 0.0236. The Morgan fingerprint density at radius 3 is 2.09 bits per heavy atom. The summed E-state index contributed by atoms with van der Waals surface area (Å²) in [6.07, 6.45) is -0.826. The summed E-state index contributed by atoms with van der Waals surface area (Å²) in [6, 6.07) is 16.4. The number of esters is 1. The zero-order chi connectivity index (χ0) is 25.3. The number of hydrogen-bond acceptors (Lipinski definition) is 4. The van der Waals surface area contributed by atoms with Crippen molar-refractivity contribution in [3.63, 3.8) is 0 Å². The quantitative estimate of drug-likeness (QED) is 0.289. The molecule has 0 amide bonds. The highest BCUT2D eigenvalue weighted by molar-refractivity contribution is 6.31. The highest BCUT2D eigenvalue weighted by atomic mass is 35.5. The number of cyclic esters (lactones) is 1. The molecule has 1 fully saturated rings. The second-order valence-electron chi connectivity index (χ2n) is 9.47. The van der Waals surface area contributed by atoms with Gasteiger partial charge in [-0.1, -0.05) is 65.2 Å². The van der Waals surface area contributed by atoms with Crippen molar-refractivity contribution in [3.8, 4) is 5.75 Å². The molecule has 4 rings (SSSR count). The maximum Gasteiger partial charge on any atom is 0.308 e. The van der Waals surface area contributed by atoms with Gasteiger partial charge < -0.3 is 14.6 Å². The fourth-order valence-electron chi connectivity index (χ4n) is 4.67. The number of aliphatic hydroxyl groups is 1. The number of carbonyl (C=O) groups excluding carboxylic acids is 1. The van der Waals surface area contributed by atoms with Gasteiger partial charge in [0.15, 0.2) is 0 Å². The third kappa shape index (κ3) is 5.83. The summed E-state index contributed by atoms with van der Waals surface area (Å²) in [7, 11) is 0.